The number of halogens is 1. The molecule has 0 unspecified atom stereocenters. The molecule has 10 heavy (non-hydrogen) atoms. The standard InChI is InChI=1S/C7H6BBrO/c1-10-7-3-5(8)2-6(9)4-7/h2-4H,1H3. The lowest BCUT2D eigenvalue weighted by Gasteiger charge is -2.01. The van der Waals surface area contributed by atoms with Crippen molar-refractivity contribution in [3.8, 4) is 5.75 Å². The molecule has 2 radical (unpaired) electrons. The highest BCUT2D eigenvalue weighted by Gasteiger charge is 1.93. The molecule has 0 heterocycles. The highest BCUT2D eigenvalue weighted by atomic mass is 79.9. The molecule has 0 bridgehead atoms. The molecule has 1 aromatic rings. The molecular weight excluding hydrogens is 191 g/mol. The fourth-order valence-electron chi connectivity index (χ4n) is 0.702. The van der Waals surface area contributed by atoms with E-state index in [1.54, 1.807) is 13.2 Å². The summed E-state index contributed by atoms with van der Waals surface area (Å²) in [5, 5.41) is 0. The van der Waals surface area contributed by atoms with E-state index in [2.05, 4.69) is 15.9 Å². The van der Waals surface area contributed by atoms with Gasteiger partial charge in [-0.1, -0.05) is 27.5 Å². The van der Waals surface area contributed by atoms with Gasteiger partial charge in [-0.3, -0.25) is 0 Å². The normalized spacial score (nSPS) is 9.40. The molecule has 0 aliphatic rings. The van der Waals surface area contributed by atoms with Crippen LogP contribution >= 0.6 is 15.9 Å². The number of methoxy groups -OCH3 is 1. The molecule has 50 valence electrons. The summed E-state index contributed by atoms with van der Waals surface area (Å²) in [5.41, 5.74) is 0.700. The van der Waals surface area contributed by atoms with E-state index in [-0.39, 0.29) is 0 Å². The predicted octanol–water partition coefficient (Wildman–Crippen LogP) is 1.25. The Hall–Kier alpha value is -0.435. The fraction of sp³-hybridized carbons (Fsp3) is 0.143. The van der Waals surface area contributed by atoms with Crippen molar-refractivity contribution in [1.82, 2.24) is 0 Å². The molecular formula is C7H6BBrO. The summed E-state index contributed by atoms with van der Waals surface area (Å²) >= 11 is 3.29. The number of hydrogen-bond acceptors (Lipinski definition) is 1. The Morgan fingerprint density at radius 3 is 2.60 bits per heavy atom. The number of hydrogen-bond donors (Lipinski definition) is 0. The van der Waals surface area contributed by atoms with Crippen molar-refractivity contribution in [3.63, 3.8) is 0 Å². The third-order valence-corrected chi connectivity index (χ3v) is 1.59. The summed E-state index contributed by atoms with van der Waals surface area (Å²) in [6, 6.07) is 5.45. The van der Waals surface area contributed by atoms with Gasteiger partial charge in [-0.05, 0) is 12.1 Å². The number of benzene rings is 1. The van der Waals surface area contributed by atoms with Gasteiger partial charge in [-0.15, -0.1) is 0 Å². The van der Waals surface area contributed by atoms with Crippen molar-refractivity contribution < 1.29 is 4.74 Å². The van der Waals surface area contributed by atoms with Gasteiger partial charge in [-0.25, -0.2) is 0 Å². The highest BCUT2D eigenvalue weighted by Crippen LogP contribution is 2.15. The molecule has 0 saturated heterocycles. The largest absolute Gasteiger partial charge is 0.497 e. The van der Waals surface area contributed by atoms with Gasteiger partial charge in [0.15, 0.2) is 0 Å². The van der Waals surface area contributed by atoms with Gasteiger partial charge < -0.3 is 4.74 Å². The maximum Gasteiger partial charge on any atom is 0.119 e. The van der Waals surface area contributed by atoms with E-state index in [9.17, 15) is 0 Å². The van der Waals surface area contributed by atoms with Gasteiger partial charge in [0.05, 0.1) is 7.11 Å². The van der Waals surface area contributed by atoms with Crippen LogP contribution in [-0.2, 0) is 0 Å². The average molecular weight is 197 g/mol. The summed E-state index contributed by atoms with van der Waals surface area (Å²) in [6.45, 7) is 0. The lowest BCUT2D eigenvalue weighted by molar-refractivity contribution is 0.415. The quantitative estimate of drug-likeness (QED) is 0.615. The Morgan fingerprint density at radius 1 is 1.40 bits per heavy atom. The summed E-state index contributed by atoms with van der Waals surface area (Å²) in [5.74, 6) is 0.770. The molecule has 0 N–H and O–H groups in total. The lowest BCUT2D eigenvalue weighted by atomic mass is 9.96. The van der Waals surface area contributed by atoms with Crippen LogP contribution in [0.1, 0.15) is 0 Å². The summed E-state index contributed by atoms with van der Waals surface area (Å²) in [4.78, 5) is 0. The van der Waals surface area contributed by atoms with Crippen molar-refractivity contribution in [1.29, 1.82) is 0 Å². The minimum atomic E-state index is 0.700. The Morgan fingerprint density at radius 2 is 2.10 bits per heavy atom. The Labute approximate surface area is 69.9 Å². The molecule has 1 rings (SSSR count). The molecule has 0 saturated carbocycles. The SMILES string of the molecule is [B]c1cc(Br)cc(OC)c1. The van der Waals surface area contributed by atoms with E-state index in [0.29, 0.717) is 5.46 Å². The topological polar surface area (TPSA) is 9.23 Å². The van der Waals surface area contributed by atoms with Crippen LogP contribution in [0.2, 0.25) is 0 Å². The third kappa shape index (κ3) is 1.77. The zero-order valence-corrected chi connectivity index (χ0v) is 7.18. The zero-order valence-electron chi connectivity index (χ0n) is 5.60. The second-order valence-electron chi connectivity index (χ2n) is 1.92. The van der Waals surface area contributed by atoms with E-state index >= 15 is 0 Å². The van der Waals surface area contributed by atoms with Crippen molar-refractivity contribution >= 4 is 29.2 Å². The van der Waals surface area contributed by atoms with Crippen LogP contribution < -0.4 is 10.2 Å². The first-order chi connectivity index (χ1) is 4.72. The highest BCUT2D eigenvalue weighted by molar-refractivity contribution is 9.10. The molecule has 0 amide bonds. The monoisotopic (exact) mass is 196 g/mol. The molecule has 3 heteroatoms. The number of rotatable bonds is 1. The Bertz CT molecular complexity index is 217. The van der Waals surface area contributed by atoms with Gasteiger partial charge in [0.1, 0.15) is 13.6 Å². The van der Waals surface area contributed by atoms with Gasteiger partial charge in [-0.2, -0.15) is 0 Å². The molecule has 0 aliphatic heterocycles. The first-order valence-electron chi connectivity index (χ1n) is 2.82. The minimum Gasteiger partial charge on any atom is -0.497 e. The van der Waals surface area contributed by atoms with Crippen molar-refractivity contribution in [2.45, 2.75) is 0 Å². The van der Waals surface area contributed by atoms with E-state index in [4.69, 9.17) is 12.6 Å². The molecule has 0 aliphatic carbocycles. The van der Waals surface area contributed by atoms with Crippen LogP contribution in [0.15, 0.2) is 22.7 Å². The first kappa shape index (κ1) is 7.67. The first-order valence-corrected chi connectivity index (χ1v) is 3.62. The summed E-state index contributed by atoms with van der Waals surface area (Å²) in [7, 11) is 7.14. The molecule has 0 atom stereocenters. The van der Waals surface area contributed by atoms with Crippen LogP contribution in [0.4, 0.5) is 0 Å². The molecule has 0 fully saturated rings. The van der Waals surface area contributed by atoms with Crippen LogP contribution in [0.3, 0.4) is 0 Å². The predicted molar refractivity (Wildman–Crippen MR) is 46.1 cm³/mol. The molecule has 0 aromatic heterocycles. The van der Waals surface area contributed by atoms with Crippen molar-refractivity contribution in [2.24, 2.45) is 0 Å². The Kier molecular flexibility index (Phi) is 2.38. The molecule has 1 aromatic carbocycles. The maximum atomic E-state index is 5.52. The second kappa shape index (κ2) is 3.10. The van der Waals surface area contributed by atoms with Gasteiger partial charge in [0.25, 0.3) is 0 Å². The van der Waals surface area contributed by atoms with Gasteiger partial charge >= 0.3 is 0 Å². The average Bonchev–Trinajstić information content (AvgIpc) is 1.85. The number of ether oxygens (including phenoxy) is 1. The zero-order chi connectivity index (χ0) is 7.56. The van der Waals surface area contributed by atoms with E-state index in [0.717, 1.165) is 10.2 Å². The van der Waals surface area contributed by atoms with Crippen LogP contribution in [0.25, 0.3) is 0 Å². The van der Waals surface area contributed by atoms with Crippen LogP contribution in [0.5, 0.6) is 5.75 Å². The smallest absolute Gasteiger partial charge is 0.119 e. The van der Waals surface area contributed by atoms with Crippen molar-refractivity contribution in [2.75, 3.05) is 7.11 Å². The molecule has 1 nitrogen and oxygen atoms in total. The van der Waals surface area contributed by atoms with Crippen LogP contribution in [-0.4, -0.2) is 15.0 Å². The van der Waals surface area contributed by atoms with E-state index in [1.807, 2.05) is 12.1 Å². The third-order valence-electron chi connectivity index (χ3n) is 1.13. The summed E-state index contributed by atoms with van der Waals surface area (Å²) < 4.78 is 5.90. The fourth-order valence-corrected chi connectivity index (χ4v) is 1.19. The van der Waals surface area contributed by atoms with Crippen LogP contribution in [0, 0.1) is 0 Å². The summed E-state index contributed by atoms with van der Waals surface area (Å²) in [6.07, 6.45) is 0. The molecule has 0 spiro atoms. The maximum absolute atomic E-state index is 5.52. The van der Waals surface area contributed by atoms with E-state index in [1.165, 1.54) is 0 Å². The van der Waals surface area contributed by atoms with Crippen molar-refractivity contribution in [3.05, 3.63) is 22.7 Å². The minimum absolute atomic E-state index is 0.700. The van der Waals surface area contributed by atoms with Gasteiger partial charge in [0, 0.05) is 4.47 Å². The van der Waals surface area contributed by atoms with Gasteiger partial charge in [0.2, 0.25) is 0 Å². The van der Waals surface area contributed by atoms with E-state index < -0.39 is 0 Å². The lowest BCUT2D eigenvalue weighted by Crippen LogP contribution is -2.01. The second-order valence-corrected chi connectivity index (χ2v) is 2.84. The Balaban J connectivity index is 3.06.